The Morgan fingerprint density at radius 2 is 2.11 bits per heavy atom. The minimum absolute atomic E-state index is 0.0452. The van der Waals surface area contributed by atoms with E-state index in [-0.39, 0.29) is 6.03 Å². The van der Waals surface area contributed by atoms with E-state index in [2.05, 4.69) is 12.2 Å². The summed E-state index contributed by atoms with van der Waals surface area (Å²) in [7, 11) is 1.84. The van der Waals surface area contributed by atoms with Gasteiger partial charge in [-0.15, -0.1) is 0 Å². The first kappa shape index (κ1) is 13.7. The van der Waals surface area contributed by atoms with E-state index in [0.29, 0.717) is 25.1 Å². The molecule has 4 nitrogen and oxygen atoms in total. The van der Waals surface area contributed by atoms with Crippen molar-refractivity contribution >= 4 is 6.03 Å². The summed E-state index contributed by atoms with van der Waals surface area (Å²) in [6, 6.07) is 0.413. The van der Waals surface area contributed by atoms with Crippen molar-refractivity contribution < 1.29 is 9.53 Å². The molecule has 0 aromatic heterocycles. The Bertz CT molecular complexity index is 279. The monoisotopic (exact) mass is 254 g/mol. The molecule has 2 fully saturated rings. The van der Waals surface area contributed by atoms with Gasteiger partial charge in [0.1, 0.15) is 0 Å². The number of urea groups is 1. The fourth-order valence-corrected chi connectivity index (χ4v) is 2.47. The van der Waals surface area contributed by atoms with Crippen LogP contribution in [0.4, 0.5) is 4.79 Å². The van der Waals surface area contributed by atoms with Gasteiger partial charge in [0.25, 0.3) is 0 Å². The molecule has 2 atom stereocenters. The number of nitrogens with zero attached hydrogens (tertiary/aromatic N) is 1. The molecular formula is C14H26N2O2. The molecular weight excluding hydrogens is 228 g/mol. The molecule has 0 spiro atoms. The van der Waals surface area contributed by atoms with E-state index in [1.807, 2.05) is 7.05 Å². The van der Waals surface area contributed by atoms with Gasteiger partial charge in [0.05, 0.1) is 6.61 Å². The van der Waals surface area contributed by atoms with Crippen LogP contribution in [-0.4, -0.2) is 43.8 Å². The third kappa shape index (κ3) is 4.16. The summed E-state index contributed by atoms with van der Waals surface area (Å²) in [5.74, 6) is 1.41. The average molecular weight is 254 g/mol. The molecule has 18 heavy (non-hydrogen) atoms. The van der Waals surface area contributed by atoms with Crippen LogP contribution in [0.1, 0.15) is 39.0 Å². The number of nitrogens with one attached hydrogen (secondary N) is 1. The molecule has 0 radical (unpaired) electrons. The minimum Gasteiger partial charge on any atom is -0.379 e. The second-order valence-electron chi connectivity index (χ2n) is 5.90. The van der Waals surface area contributed by atoms with Crippen molar-refractivity contribution in [2.45, 2.75) is 45.1 Å². The van der Waals surface area contributed by atoms with Crippen molar-refractivity contribution in [3.8, 4) is 0 Å². The van der Waals surface area contributed by atoms with Crippen LogP contribution < -0.4 is 5.32 Å². The molecule has 104 valence electrons. The van der Waals surface area contributed by atoms with E-state index in [1.54, 1.807) is 4.90 Å². The number of hydrogen-bond donors (Lipinski definition) is 1. The number of carbonyl (C=O) groups is 1. The summed E-state index contributed by atoms with van der Waals surface area (Å²) in [6.45, 7) is 4.42. The Hall–Kier alpha value is -0.770. The van der Waals surface area contributed by atoms with Crippen LogP contribution in [0.15, 0.2) is 0 Å². The number of rotatable bonds is 6. The Balaban J connectivity index is 1.58. The lowest BCUT2D eigenvalue weighted by Crippen LogP contribution is -2.45. The van der Waals surface area contributed by atoms with Gasteiger partial charge >= 0.3 is 6.03 Å². The average Bonchev–Trinajstić information content (AvgIpc) is 3.09. The number of carbonyl (C=O) groups excluding carboxylic acids is 1. The van der Waals surface area contributed by atoms with Crippen LogP contribution in [-0.2, 0) is 4.74 Å². The van der Waals surface area contributed by atoms with E-state index < -0.39 is 0 Å². The highest BCUT2D eigenvalue weighted by Crippen LogP contribution is 2.28. The number of likely N-dealkylation sites (N-methyl/N-ethyl adjacent to an activating group) is 1. The lowest BCUT2D eigenvalue weighted by molar-refractivity contribution is 0.107. The van der Waals surface area contributed by atoms with E-state index in [9.17, 15) is 4.79 Å². The third-order valence-electron chi connectivity index (χ3n) is 4.14. The number of hydrogen-bond acceptors (Lipinski definition) is 2. The first-order chi connectivity index (χ1) is 8.66. The maximum absolute atomic E-state index is 11.9. The van der Waals surface area contributed by atoms with Crippen molar-refractivity contribution in [1.82, 2.24) is 10.2 Å². The van der Waals surface area contributed by atoms with Gasteiger partial charge in [-0.1, -0.05) is 13.3 Å². The second kappa shape index (κ2) is 6.41. The SMILES string of the molecule is C[C@H]1CCC[C@H]1NC(=O)N(C)CCOCC1CC1. The molecule has 2 saturated carbocycles. The van der Waals surface area contributed by atoms with Crippen molar-refractivity contribution in [2.75, 3.05) is 26.8 Å². The molecule has 0 heterocycles. The maximum atomic E-state index is 11.9. The zero-order valence-corrected chi connectivity index (χ0v) is 11.7. The summed E-state index contributed by atoms with van der Waals surface area (Å²) in [5, 5.41) is 3.12. The minimum atomic E-state index is 0.0452. The maximum Gasteiger partial charge on any atom is 0.317 e. The standard InChI is InChI=1S/C14H26N2O2/c1-11-4-3-5-13(11)15-14(17)16(2)8-9-18-10-12-6-7-12/h11-13H,3-10H2,1-2H3,(H,15,17)/t11-,13+/m0/s1. The zero-order valence-electron chi connectivity index (χ0n) is 11.7. The molecule has 0 unspecified atom stereocenters. The Labute approximate surface area is 110 Å². The Morgan fingerprint density at radius 1 is 1.33 bits per heavy atom. The number of amides is 2. The van der Waals surface area contributed by atoms with Gasteiger partial charge in [-0.2, -0.15) is 0 Å². The van der Waals surface area contributed by atoms with Crippen LogP contribution in [0.2, 0.25) is 0 Å². The van der Waals surface area contributed by atoms with E-state index >= 15 is 0 Å². The van der Waals surface area contributed by atoms with Gasteiger partial charge in [0.15, 0.2) is 0 Å². The highest BCUT2D eigenvalue weighted by Gasteiger charge is 2.25. The van der Waals surface area contributed by atoms with E-state index in [4.69, 9.17) is 4.74 Å². The number of ether oxygens (including phenoxy) is 1. The Kier molecular flexibility index (Phi) is 4.87. The molecule has 0 bridgehead atoms. The van der Waals surface area contributed by atoms with Gasteiger partial charge in [-0.25, -0.2) is 4.79 Å². The fourth-order valence-electron chi connectivity index (χ4n) is 2.47. The van der Waals surface area contributed by atoms with Crippen molar-refractivity contribution in [1.29, 1.82) is 0 Å². The van der Waals surface area contributed by atoms with Crippen molar-refractivity contribution in [3.05, 3.63) is 0 Å². The van der Waals surface area contributed by atoms with Gasteiger partial charge in [0, 0.05) is 26.2 Å². The topological polar surface area (TPSA) is 41.6 Å². The molecule has 2 amide bonds. The molecule has 2 rings (SSSR count). The lowest BCUT2D eigenvalue weighted by atomic mass is 10.1. The van der Waals surface area contributed by atoms with Gasteiger partial charge in [-0.05, 0) is 37.5 Å². The normalized spacial score (nSPS) is 27.2. The second-order valence-corrected chi connectivity index (χ2v) is 5.90. The molecule has 2 aliphatic rings. The summed E-state index contributed by atoms with van der Waals surface area (Å²) >= 11 is 0. The van der Waals surface area contributed by atoms with Gasteiger partial charge in [-0.3, -0.25) is 0 Å². The molecule has 0 saturated heterocycles. The van der Waals surface area contributed by atoms with E-state index in [0.717, 1.165) is 18.9 Å². The summed E-state index contributed by atoms with van der Waals surface area (Å²) in [6.07, 6.45) is 6.23. The smallest absolute Gasteiger partial charge is 0.317 e. The first-order valence-corrected chi connectivity index (χ1v) is 7.26. The fraction of sp³-hybridized carbons (Fsp3) is 0.929. The molecule has 0 aromatic carbocycles. The third-order valence-corrected chi connectivity index (χ3v) is 4.14. The quantitative estimate of drug-likeness (QED) is 0.739. The zero-order chi connectivity index (χ0) is 13.0. The van der Waals surface area contributed by atoms with E-state index in [1.165, 1.54) is 25.7 Å². The van der Waals surface area contributed by atoms with Gasteiger partial charge < -0.3 is 15.0 Å². The summed E-state index contributed by atoms with van der Waals surface area (Å²) in [4.78, 5) is 13.7. The summed E-state index contributed by atoms with van der Waals surface area (Å²) < 4.78 is 5.55. The van der Waals surface area contributed by atoms with Crippen LogP contribution in [0.3, 0.4) is 0 Å². The van der Waals surface area contributed by atoms with Gasteiger partial charge in [0.2, 0.25) is 0 Å². The molecule has 1 N–H and O–H groups in total. The molecule has 2 aliphatic carbocycles. The first-order valence-electron chi connectivity index (χ1n) is 7.26. The molecule has 0 aromatic rings. The lowest BCUT2D eigenvalue weighted by Gasteiger charge is -2.23. The van der Waals surface area contributed by atoms with Crippen LogP contribution >= 0.6 is 0 Å². The predicted octanol–water partition coefficient (Wildman–Crippen LogP) is 2.24. The van der Waals surface area contributed by atoms with Crippen LogP contribution in [0.25, 0.3) is 0 Å². The molecule has 0 aliphatic heterocycles. The summed E-state index contributed by atoms with van der Waals surface area (Å²) in [5.41, 5.74) is 0. The van der Waals surface area contributed by atoms with Crippen molar-refractivity contribution in [3.63, 3.8) is 0 Å². The van der Waals surface area contributed by atoms with Crippen LogP contribution in [0, 0.1) is 11.8 Å². The predicted molar refractivity (Wildman–Crippen MR) is 71.5 cm³/mol. The van der Waals surface area contributed by atoms with Crippen LogP contribution in [0.5, 0.6) is 0 Å². The highest BCUT2D eigenvalue weighted by atomic mass is 16.5. The highest BCUT2D eigenvalue weighted by molar-refractivity contribution is 5.74. The van der Waals surface area contributed by atoms with Crippen molar-refractivity contribution in [2.24, 2.45) is 11.8 Å². The largest absolute Gasteiger partial charge is 0.379 e. The molecule has 4 heteroatoms. The Morgan fingerprint density at radius 3 is 2.72 bits per heavy atom.